The van der Waals surface area contributed by atoms with Gasteiger partial charge in [-0.3, -0.25) is 9.59 Å². The molecule has 3 rings (SSSR count). The smallest absolute Gasteiger partial charge is 0.262 e. The molecule has 1 atom stereocenters. The quantitative estimate of drug-likeness (QED) is 0.639. The van der Waals surface area contributed by atoms with Crippen LogP contribution in [0.4, 0.5) is 9.39 Å². The van der Waals surface area contributed by atoms with Crippen molar-refractivity contribution in [2.45, 2.75) is 19.4 Å². The molecule has 0 aliphatic carbocycles. The van der Waals surface area contributed by atoms with E-state index in [-0.39, 0.29) is 11.5 Å². The molecule has 5 nitrogen and oxygen atoms in total. The lowest BCUT2D eigenvalue weighted by Crippen LogP contribution is -2.35. The third-order valence-corrected chi connectivity index (χ3v) is 5.34. The van der Waals surface area contributed by atoms with Crippen LogP contribution in [-0.2, 0) is 6.42 Å². The topological polar surface area (TPSA) is 82.0 Å². The lowest BCUT2D eigenvalue weighted by Gasteiger charge is -2.11. The van der Waals surface area contributed by atoms with Crippen molar-refractivity contribution in [3.8, 4) is 6.07 Å². The van der Waals surface area contributed by atoms with Gasteiger partial charge < -0.3 is 10.6 Å². The molecule has 2 aromatic carbocycles. The van der Waals surface area contributed by atoms with Crippen molar-refractivity contribution in [2.75, 3.05) is 5.32 Å². The van der Waals surface area contributed by atoms with E-state index in [1.54, 1.807) is 13.0 Å². The summed E-state index contributed by atoms with van der Waals surface area (Å²) in [7, 11) is 0. The van der Waals surface area contributed by atoms with E-state index in [0.717, 1.165) is 23.0 Å². The van der Waals surface area contributed by atoms with Gasteiger partial charge in [0.1, 0.15) is 11.9 Å². The highest BCUT2D eigenvalue weighted by Gasteiger charge is 2.19. The fourth-order valence-electron chi connectivity index (χ4n) is 2.79. The zero-order valence-corrected chi connectivity index (χ0v) is 16.4. The second-order valence-corrected chi connectivity index (χ2v) is 7.48. The monoisotopic (exact) mass is 407 g/mol. The summed E-state index contributed by atoms with van der Waals surface area (Å²) in [6.07, 6.45) is 0.399. The summed E-state index contributed by atoms with van der Waals surface area (Å²) in [4.78, 5) is 25.3. The molecule has 1 heterocycles. The number of nitrogens with zero attached hydrogens (tertiary/aromatic N) is 1. The molecule has 0 saturated carbocycles. The number of carbonyl (C=O) groups excluding carboxylic acids is 2. The van der Waals surface area contributed by atoms with Crippen molar-refractivity contribution in [3.63, 3.8) is 0 Å². The Kier molecular flexibility index (Phi) is 6.37. The van der Waals surface area contributed by atoms with Crippen molar-refractivity contribution in [1.29, 1.82) is 5.26 Å². The molecule has 0 saturated heterocycles. The zero-order chi connectivity index (χ0) is 20.8. The summed E-state index contributed by atoms with van der Waals surface area (Å²) in [5.41, 5.74) is 1.82. The average molecular weight is 407 g/mol. The minimum atomic E-state index is -0.670. The summed E-state index contributed by atoms with van der Waals surface area (Å²) in [6, 6.07) is 17.9. The van der Waals surface area contributed by atoms with Crippen molar-refractivity contribution in [2.24, 2.45) is 0 Å². The number of nitriles is 1. The highest BCUT2D eigenvalue weighted by molar-refractivity contribution is 7.18. The van der Waals surface area contributed by atoms with Crippen LogP contribution in [0.5, 0.6) is 0 Å². The molecule has 0 spiro atoms. The zero-order valence-electron chi connectivity index (χ0n) is 15.6. The summed E-state index contributed by atoms with van der Waals surface area (Å²) in [5.74, 6) is -1.33. The number of hydrogen-bond acceptors (Lipinski definition) is 4. The first-order valence-corrected chi connectivity index (χ1v) is 9.69. The molecule has 0 aliphatic rings. The number of anilines is 1. The first-order chi connectivity index (χ1) is 14.0. The molecule has 2 N–H and O–H groups in total. The number of amides is 2. The van der Waals surface area contributed by atoms with Gasteiger partial charge in [-0.05, 0) is 42.3 Å². The molecule has 3 aromatic rings. The first kappa shape index (κ1) is 20.2. The van der Waals surface area contributed by atoms with Crippen LogP contribution in [0.3, 0.4) is 0 Å². The maximum absolute atomic E-state index is 13.3. The van der Waals surface area contributed by atoms with Crippen LogP contribution in [0.1, 0.15) is 31.2 Å². The normalized spacial score (nSPS) is 11.3. The van der Waals surface area contributed by atoms with Crippen molar-refractivity contribution >= 4 is 28.2 Å². The third-order valence-electron chi connectivity index (χ3n) is 4.19. The highest BCUT2D eigenvalue weighted by atomic mass is 32.1. The number of aryl methyl sites for hydroxylation is 1. The van der Waals surface area contributed by atoms with E-state index in [2.05, 4.69) is 16.7 Å². The Bertz CT molecular complexity index is 1070. The molecule has 0 unspecified atom stereocenters. The number of halogens is 1. The number of rotatable bonds is 6. The molecule has 2 amide bonds. The van der Waals surface area contributed by atoms with E-state index in [4.69, 9.17) is 0 Å². The van der Waals surface area contributed by atoms with E-state index in [9.17, 15) is 19.2 Å². The van der Waals surface area contributed by atoms with Gasteiger partial charge in [0.05, 0.1) is 15.9 Å². The largest absolute Gasteiger partial charge is 0.335 e. The van der Waals surface area contributed by atoms with Gasteiger partial charge in [0.15, 0.2) is 0 Å². The fourth-order valence-corrected chi connectivity index (χ4v) is 3.76. The Labute approximate surface area is 171 Å². The average Bonchev–Trinajstić information content (AvgIpc) is 3.08. The van der Waals surface area contributed by atoms with E-state index in [0.29, 0.717) is 21.9 Å². The second-order valence-electron chi connectivity index (χ2n) is 6.43. The van der Waals surface area contributed by atoms with Crippen LogP contribution in [0, 0.1) is 24.1 Å². The van der Waals surface area contributed by atoms with Gasteiger partial charge in [0.25, 0.3) is 11.8 Å². The first-order valence-electron chi connectivity index (χ1n) is 8.88. The van der Waals surface area contributed by atoms with Gasteiger partial charge in [-0.1, -0.05) is 36.4 Å². The van der Waals surface area contributed by atoms with E-state index in [1.165, 1.54) is 18.2 Å². The van der Waals surface area contributed by atoms with Gasteiger partial charge in [-0.15, -0.1) is 11.3 Å². The molecule has 0 fully saturated rings. The lowest BCUT2D eigenvalue weighted by atomic mass is 10.1. The summed E-state index contributed by atoms with van der Waals surface area (Å²) < 4.78 is 13.3. The summed E-state index contributed by atoms with van der Waals surface area (Å²) in [6.45, 7) is 1.75. The van der Waals surface area contributed by atoms with Gasteiger partial charge in [0, 0.05) is 12.0 Å². The van der Waals surface area contributed by atoms with Crippen LogP contribution in [0.15, 0.2) is 60.7 Å². The van der Waals surface area contributed by atoms with Crippen LogP contribution >= 0.6 is 11.3 Å². The molecule has 29 heavy (non-hydrogen) atoms. The van der Waals surface area contributed by atoms with Crippen LogP contribution in [0.25, 0.3) is 0 Å². The Morgan fingerprint density at radius 2 is 1.86 bits per heavy atom. The van der Waals surface area contributed by atoms with Crippen LogP contribution in [0.2, 0.25) is 0 Å². The van der Waals surface area contributed by atoms with E-state index >= 15 is 0 Å². The number of benzene rings is 2. The van der Waals surface area contributed by atoms with Crippen LogP contribution < -0.4 is 10.6 Å². The molecule has 146 valence electrons. The SMILES string of the molecule is Cc1cc(NC(=O)c2cccc(F)c2)sc1C(=O)N[C@H](C#N)Cc1ccccc1. The number of carbonyl (C=O) groups is 2. The molecule has 1 aromatic heterocycles. The number of hydrogen-bond donors (Lipinski definition) is 2. The molecular weight excluding hydrogens is 389 g/mol. The van der Waals surface area contributed by atoms with Crippen molar-refractivity contribution < 1.29 is 14.0 Å². The standard InChI is InChI=1S/C22H18FN3O2S/c1-14-10-19(26-21(27)16-8-5-9-17(23)12-16)29-20(14)22(28)25-18(13-24)11-15-6-3-2-4-7-15/h2-10,12,18H,11H2,1H3,(H,25,28)(H,26,27)/t18-/m0/s1. The van der Waals surface area contributed by atoms with Gasteiger partial charge in [-0.25, -0.2) is 4.39 Å². The van der Waals surface area contributed by atoms with Gasteiger partial charge >= 0.3 is 0 Å². The number of thiophene rings is 1. The maximum atomic E-state index is 13.3. The molecule has 0 aliphatic heterocycles. The fraction of sp³-hybridized carbons (Fsp3) is 0.136. The van der Waals surface area contributed by atoms with Gasteiger partial charge in [-0.2, -0.15) is 5.26 Å². The highest BCUT2D eigenvalue weighted by Crippen LogP contribution is 2.27. The Morgan fingerprint density at radius 3 is 2.55 bits per heavy atom. The van der Waals surface area contributed by atoms with E-state index in [1.807, 2.05) is 30.3 Å². The second kappa shape index (κ2) is 9.13. The van der Waals surface area contributed by atoms with Crippen molar-refractivity contribution in [1.82, 2.24) is 5.32 Å². The predicted molar refractivity (Wildman–Crippen MR) is 110 cm³/mol. The molecule has 7 heteroatoms. The lowest BCUT2D eigenvalue weighted by molar-refractivity contribution is 0.0948. The van der Waals surface area contributed by atoms with Crippen molar-refractivity contribution in [3.05, 3.63) is 88.0 Å². The predicted octanol–water partition coefficient (Wildman–Crippen LogP) is 4.31. The Morgan fingerprint density at radius 1 is 1.10 bits per heavy atom. The van der Waals surface area contributed by atoms with E-state index < -0.39 is 17.8 Å². The summed E-state index contributed by atoms with van der Waals surface area (Å²) in [5, 5.41) is 15.2. The minimum absolute atomic E-state index is 0.189. The molecule has 0 bridgehead atoms. The number of nitrogens with one attached hydrogen (secondary N) is 2. The minimum Gasteiger partial charge on any atom is -0.335 e. The third kappa shape index (κ3) is 5.27. The summed E-state index contributed by atoms with van der Waals surface area (Å²) >= 11 is 1.11. The Hall–Kier alpha value is -3.50. The maximum Gasteiger partial charge on any atom is 0.262 e. The molecular formula is C22H18FN3O2S. The Balaban J connectivity index is 1.68. The van der Waals surface area contributed by atoms with Gasteiger partial charge in [0.2, 0.25) is 0 Å². The molecule has 0 radical (unpaired) electrons. The van der Waals surface area contributed by atoms with Crippen LogP contribution in [-0.4, -0.2) is 17.9 Å².